The van der Waals surface area contributed by atoms with Crippen LogP contribution in [0.4, 0.5) is 5.69 Å². The molecule has 2 aromatic rings. The summed E-state index contributed by atoms with van der Waals surface area (Å²) in [6, 6.07) is 14.2. The largest absolute Gasteiger partial charge is 0.490 e. The third-order valence-corrected chi connectivity index (χ3v) is 4.47. The molecule has 1 aliphatic heterocycles. The summed E-state index contributed by atoms with van der Waals surface area (Å²) in [7, 11) is 0. The molecule has 116 valence electrons. The van der Waals surface area contributed by atoms with Crippen LogP contribution in [0.25, 0.3) is 0 Å². The van der Waals surface area contributed by atoms with E-state index in [4.69, 9.17) is 4.74 Å². The summed E-state index contributed by atoms with van der Waals surface area (Å²) >= 11 is 0. The van der Waals surface area contributed by atoms with E-state index in [9.17, 15) is 9.59 Å². The molecule has 0 aromatic heterocycles. The van der Waals surface area contributed by atoms with E-state index in [0.29, 0.717) is 22.6 Å². The Hall–Kier alpha value is -2.62. The van der Waals surface area contributed by atoms with Gasteiger partial charge in [0.2, 0.25) is 0 Å². The van der Waals surface area contributed by atoms with Gasteiger partial charge in [0, 0.05) is 6.07 Å². The zero-order valence-electron chi connectivity index (χ0n) is 12.7. The van der Waals surface area contributed by atoms with Crippen LogP contribution in [0.15, 0.2) is 48.5 Å². The SMILES string of the molecule is O=C1c2ccccc2C(=O)N1c1cccc(OC2CCCC2)c1. The molecule has 0 saturated heterocycles. The van der Waals surface area contributed by atoms with Gasteiger partial charge in [-0.15, -0.1) is 0 Å². The number of nitrogens with zero attached hydrogens (tertiary/aromatic N) is 1. The second-order valence-electron chi connectivity index (χ2n) is 6.01. The van der Waals surface area contributed by atoms with E-state index in [-0.39, 0.29) is 17.9 Å². The van der Waals surface area contributed by atoms with Crippen LogP contribution in [-0.4, -0.2) is 17.9 Å². The van der Waals surface area contributed by atoms with Crippen LogP contribution in [0, 0.1) is 0 Å². The number of ether oxygens (including phenoxy) is 1. The van der Waals surface area contributed by atoms with Crippen molar-refractivity contribution < 1.29 is 14.3 Å². The molecule has 0 unspecified atom stereocenters. The maximum Gasteiger partial charge on any atom is 0.266 e. The van der Waals surface area contributed by atoms with Crippen molar-refractivity contribution >= 4 is 17.5 Å². The van der Waals surface area contributed by atoms with E-state index in [2.05, 4.69) is 0 Å². The number of imide groups is 1. The lowest BCUT2D eigenvalue weighted by molar-refractivity contribution is 0.0926. The standard InChI is InChI=1S/C19H17NO3/c21-18-16-10-3-4-11-17(16)19(22)20(18)13-6-5-9-15(12-13)23-14-7-1-2-8-14/h3-6,9-12,14H,1-2,7-8H2. The Morgan fingerprint density at radius 2 is 1.52 bits per heavy atom. The van der Waals surface area contributed by atoms with Crippen molar-refractivity contribution in [2.45, 2.75) is 31.8 Å². The van der Waals surface area contributed by atoms with Crippen molar-refractivity contribution in [3.05, 3.63) is 59.7 Å². The summed E-state index contributed by atoms with van der Waals surface area (Å²) in [6.07, 6.45) is 4.77. The van der Waals surface area contributed by atoms with Gasteiger partial charge in [-0.3, -0.25) is 9.59 Å². The minimum absolute atomic E-state index is 0.243. The predicted octanol–water partition coefficient (Wildman–Crippen LogP) is 3.81. The van der Waals surface area contributed by atoms with E-state index in [1.54, 1.807) is 36.4 Å². The molecule has 0 bridgehead atoms. The van der Waals surface area contributed by atoms with Gasteiger partial charge in [0.15, 0.2) is 0 Å². The summed E-state index contributed by atoms with van der Waals surface area (Å²) in [4.78, 5) is 26.3. The summed E-state index contributed by atoms with van der Waals surface area (Å²) in [5.74, 6) is 0.165. The van der Waals surface area contributed by atoms with Gasteiger partial charge in [-0.2, -0.15) is 0 Å². The molecule has 0 radical (unpaired) electrons. The van der Waals surface area contributed by atoms with Gasteiger partial charge in [0.25, 0.3) is 11.8 Å². The third kappa shape index (κ3) is 2.40. The average Bonchev–Trinajstić information content (AvgIpc) is 3.16. The second-order valence-corrected chi connectivity index (χ2v) is 6.01. The summed E-state index contributed by atoms with van der Waals surface area (Å²) in [6.45, 7) is 0. The number of anilines is 1. The molecule has 0 atom stereocenters. The molecule has 2 aromatic carbocycles. The number of hydrogen-bond acceptors (Lipinski definition) is 3. The van der Waals surface area contributed by atoms with Gasteiger partial charge < -0.3 is 4.74 Å². The zero-order valence-corrected chi connectivity index (χ0v) is 12.7. The van der Waals surface area contributed by atoms with E-state index >= 15 is 0 Å². The Morgan fingerprint density at radius 3 is 2.17 bits per heavy atom. The van der Waals surface area contributed by atoms with Gasteiger partial charge >= 0.3 is 0 Å². The highest BCUT2D eigenvalue weighted by Gasteiger charge is 2.36. The molecule has 0 spiro atoms. The number of amides is 2. The smallest absolute Gasteiger partial charge is 0.266 e. The predicted molar refractivity (Wildman–Crippen MR) is 86.9 cm³/mol. The molecule has 4 heteroatoms. The molecule has 2 aliphatic rings. The van der Waals surface area contributed by atoms with Crippen LogP contribution in [-0.2, 0) is 0 Å². The molecular formula is C19H17NO3. The van der Waals surface area contributed by atoms with Gasteiger partial charge in [0.05, 0.1) is 22.9 Å². The summed E-state index contributed by atoms with van der Waals surface area (Å²) in [5.41, 5.74) is 1.48. The lowest BCUT2D eigenvalue weighted by atomic mass is 10.1. The fourth-order valence-corrected chi connectivity index (χ4v) is 3.32. The van der Waals surface area contributed by atoms with Crippen LogP contribution >= 0.6 is 0 Å². The Morgan fingerprint density at radius 1 is 0.870 bits per heavy atom. The minimum atomic E-state index is -0.274. The molecule has 4 rings (SSSR count). The monoisotopic (exact) mass is 307 g/mol. The van der Waals surface area contributed by atoms with Crippen molar-refractivity contribution in [3.8, 4) is 5.75 Å². The number of fused-ring (bicyclic) bond motifs is 1. The molecule has 4 nitrogen and oxygen atoms in total. The Labute approximate surface area is 134 Å². The van der Waals surface area contributed by atoms with Gasteiger partial charge in [-0.1, -0.05) is 18.2 Å². The normalized spacial score (nSPS) is 17.7. The van der Waals surface area contributed by atoms with Crippen molar-refractivity contribution in [2.75, 3.05) is 4.90 Å². The maximum atomic E-state index is 12.5. The summed E-state index contributed by atoms with van der Waals surface area (Å²) < 4.78 is 5.97. The van der Waals surface area contributed by atoms with Crippen LogP contribution in [0.5, 0.6) is 5.75 Å². The Balaban J connectivity index is 1.64. The first-order chi connectivity index (χ1) is 11.2. The fraction of sp³-hybridized carbons (Fsp3) is 0.263. The van der Waals surface area contributed by atoms with E-state index in [1.165, 1.54) is 17.7 Å². The van der Waals surface area contributed by atoms with Crippen LogP contribution in [0.3, 0.4) is 0 Å². The van der Waals surface area contributed by atoms with Gasteiger partial charge in [-0.05, 0) is 49.9 Å². The van der Waals surface area contributed by atoms with Crippen LogP contribution in [0.1, 0.15) is 46.4 Å². The van der Waals surface area contributed by atoms with Crippen LogP contribution in [0.2, 0.25) is 0 Å². The van der Waals surface area contributed by atoms with E-state index in [0.717, 1.165) is 12.8 Å². The number of hydrogen-bond donors (Lipinski definition) is 0. The highest BCUT2D eigenvalue weighted by atomic mass is 16.5. The maximum absolute atomic E-state index is 12.5. The molecule has 0 N–H and O–H groups in total. The molecule has 23 heavy (non-hydrogen) atoms. The van der Waals surface area contributed by atoms with Gasteiger partial charge in [-0.25, -0.2) is 4.90 Å². The first-order valence-corrected chi connectivity index (χ1v) is 7.98. The fourth-order valence-electron chi connectivity index (χ4n) is 3.32. The highest BCUT2D eigenvalue weighted by Crippen LogP contribution is 2.31. The highest BCUT2D eigenvalue weighted by molar-refractivity contribution is 6.34. The molecule has 1 aliphatic carbocycles. The third-order valence-electron chi connectivity index (χ3n) is 4.47. The lowest BCUT2D eigenvalue weighted by Gasteiger charge is -2.17. The quantitative estimate of drug-likeness (QED) is 0.810. The number of rotatable bonds is 3. The second kappa shape index (κ2) is 5.54. The topological polar surface area (TPSA) is 46.6 Å². The zero-order chi connectivity index (χ0) is 15.8. The van der Waals surface area contributed by atoms with Gasteiger partial charge in [0.1, 0.15) is 5.75 Å². The first kappa shape index (κ1) is 14.0. The van der Waals surface area contributed by atoms with E-state index in [1.807, 2.05) is 12.1 Å². The molecule has 1 heterocycles. The number of carbonyl (C=O) groups excluding carboxylic acids is 2. The molecule has 1 fully saturated rings. The first-order valence-electron chi connectivity index (χ1n) is 7.98. The van der Waals surface area contributed by atoms with Crippen molar-refractivity contribution in [1.82, 2.24) is 0 Å². The lowest BCUT2D eigenvalue weighted by Crippen LogP contribution is -2.29. The Kier molecular flexibility index (Phi) is 3.37. The number of carbonyl (C=O) groups is 2. The minimum Gasteiger partial charge on any atom is -0.490 e. The summed E-state index contributed by atoms with van der Waals surface area (Å²) in [5, 5.41) is 0. The van der Waals surface area contributed by atoms with Crippen molar-refractivity contribution in [3.63, 3.8) is 0 Å². The molecule has 1 saturated carbocycles. The Bertz CT molecular complexity index is 743. The number of benzene rings is 2. The van der Waals surface area contributed by atoms with Crippen LogP contribution < -0.4 is 9.64 Å². The van der Waals surface area contributed by atoms with E-state index < -0.39 is 0 Å². The molecular weight excluding hydrogens is 290 g/mol. The molecule has 2 amide bonds. The average molecular weight is 307 g/mol. The van der Waals surface area contributed by atoms with Crippen molar-refractivity contribution in [1.29, 1.82) is 0 Å². The van der Waals surface area contributed by atoms with Crippen molar-refractivity contribution in [2.24, 2.45) is 0 Å².